The molecule has 5 rings (SSSR count). The summed E-state index contributed by atoms with van der Waals surface area (Å²) in [6, 6.07) is 8.52. The monoisotopic (exact) mass is 466 g/mol. The first-order valence-corrected chi connectivity index (χ1v) is 12.4. The molecule has 1 aromatic carbocycles. The van der Waals surface area contributed by atoms with Crippen LogP contribution in [0.1, 0.15) is 50.0 Å². The number of hydrogen-bond acceptors (Lipinski definition) is 8. The number of aromatic nitrogens is 2. The highest BCUT2D eigenvalue weighted by Gasteiger charge is 2.28. The van der Waals surface area contributed by atoms with Crippen molar-refractivity contribution in [3.8, 4) is 17.0 Å². The maximum absolute atomic E-state index is 12.7. The number of nitrogens with one attached hydrogen (secondary N) is 1. The Kier molecular flexibility index (Phi) is 6.97. The van der Waals surface area contributed by atoms with Gasteiger partial charge in [-0.2, -0.15) is 4.98 Å². The van der Waals surface area contributed by atoms with Crippen LogP contribution in [0.25, 0.3) is 11.1 Å². The van der Waals surface area contributed by atoms with Gasteiger partial charge in [0.05, 0.1) is 32.0 Å². The maximum Gasteiger partial charge on any atom is 0.227 e. The fourth-order valence-corrected chi connectivity index (χ4v) is 4.79. The first-order chi connectivity index (χ1) is 16.6. The van der Waals surface area contributed by atoms with E-state index in [9.17, 15) is 4.79 Å². The highest BCUT2D eigenvalue weighted by Crippen LogP contribution is 2.36. The summed E-state index contributed by atoms with van der Waals surface area (Å²) in [5.74, 6) is 1.56. The van der Waals surface area contributed by atoms with Crippen molar-refractivity contribution >= 4 is 17.4 Å². The number of carbonyl (C=O) groups is 1. The van der Waals surface area contributed by atoms with E-state index in [1.807, 2.05) is 12.1 Å². The fraction of sp³-hybridized carbons (Fsp3) is 0.577. The van der Waals surface area contributed by atoms with Crippen LogP contribution in [0.2, 0.25) is 0 Å². The number of ketones is 1. The average molecular weight is 467 g/mol. The molecule has 2 saturated heterocycles. The van der Waals surface area contributed by atoms with E-state index < -0.39 is 0 Å². The lowest BCUT2D eigenvalue weighted by Gasteiger charge is -2.30. The maximum atomic E-state index is 12.7. The lowest BCUT2D eigenvalue weighted by atomic mass is 9.87. The third-order valence-corrected chi connectivity index (χ3v) is 6.98. The molecular formula is C26H34N4O4. The van der Waals surface area contributed by atoms with E-state index >= 15 is 0 Å². The molecule has 8 heteroatoms. The Hall–Kier alpha value is -2.71. The predicted octanol–water partition coefficient (Wildman–Crippen LogP) is 3.95. The molecule has 34 heavy (non-hydrogen) atoms. The molecule has 3 aliphatic rings. The van der Waals surface area contributed by atoms with Crippen molar-refractivity contribution in [2.24, 2.45) is 5.92 Å². The van der Waals surface area contributed by atoms with Gasteiger partial charge in [0.25, 0.3) is 0 Å². The van der Waals surface area contributed by atoms with Gasteiger partial charge in [-0.05, 0) is 49.3 Å². The Morgan fingerprint density at radius 3 is 2.35 bits per heavy atom. The van der Waals surface area contributed by atoms with Crippen LogP contribution in [0.5, 0.6) is 5.88 Å². The summed E-state index contributed by atoms with van der Waals surface area (Å²) in [6.45, 7) is 8.12. The van der Waals surface area contributed by atoms with Gasteiger partial charge in [0.2, 0.25) is 11.8 Å². The predicted molar refractivity (Wildman–Crippen MR) is 131 cm³/mol. The van der Waals surface area contributed by atoms with Crippen molar-refractivity contribution in [1.29, 1.82) is 0 Å². The van der Waals surface area contributed by atoms with Crippen LogP contribution >= 0.6 is 0 Å². The Morgan fingerprint density at radius 2 is 1.74 bits per heavy atom. The number of rotatable bonds is 7. The van der Waals surface area contributed by atoms with Gasteiger partial charge in [0.15, 0.2) is 5.78 Å². The van der Waals surface area contributed by atoms with Crippen molar-refractivity contribution < 1.29 is 19.0 Å². The van der Waals surface area contributed by atoms with Crippen molar-refractivity contribution in [1.82, 2.24) is 9.97 Å². The van der Waals surface area contributed by atoms with Crippen molar-refractivity contribution in [3.05, 3.63) is 30.0 Å². The quantitative estimate of drug-likeness (QED) is 0.614. The average Bonchev–Trinajstić information content (AvgIpc) is 2.83. The van der Waals surface area contributed by atoms with Crippen LogP contribution in [0.15, 0.2) is 24.3 Å². The summed E-state index contributed by atoms with van der Waals surface area (Å²) in [6.07, 6.45) is 4.47. The molecule has 0 bridgehead atoms. The lowest BCUT2D eigenvalue weighted by molar-refractivity contribution is -0.0810. The van der Waals surface area contributed by atoms with Crippen LogP contribution in [0, 0.1) is 5.92 Å². The number of nitrogens with zero attached hydrogens (tertiary/aromatic N) is 3. The minimum Gasteiger partial charge on any atom is -0.469 e. The molecule has 0 unspecified atom stereocenters. The fourth-order valence-electron chi connectivity index (χ4n) is 4.79. The Balaban J connectivity index is 1.47. The Labute approximate surface area is 201 Å². The number of morpholine rings is 1. The molecule has 0 amide bonds. The number of benzene rings is 1. The minimum atomic E-state index is -0.107. The Morgan fingerprint density at radius 1 is 1.03 bits per heavy atom. The second-order valence-corrected chi connectivity index (χ2v) is 9.66. The van der Waals surface area contributed by atoms with Crippen LogP contribution in [0.4, 0.5) is 11.6 Å². The van der Waals surface area contributed by atoms with Gasteiger partial charge in [0, 0.05) is 31.7 Å². The van der Waals surface area contributed by atoms with Gasteiger partial charge in [-0.15, -0.1) is 0 Å². The van der Waals surface area contributed by atoms with E-state index in [1.165, 1.54) is 12.8 Å². The third kappa shape index (κ3) is 5.18. The first-order valence-electron chi connectivity index (χ1n) is 12.4. The van der Waals surface area contributed by atoms with Crippen LogP contribution in [-0.4, -0.2) is 67.4 Å². The van der Waals surface area contributed by atoms with Crippen LogP contribution in [-0.2, 0) is 9.47 Å². The first kappa shape index (κ1) is 23.1. The van der Waals surface area contributed by atoms with Crippen molar-refractivity contribution in [2.75, 3.05) is 49.7 Å². The van der Waals surface area contributed by atoms with E-state index in [2.05, 4.69) is 34.3 Å². The standard InChI is InChI=1S/C26H34N4O4/c1-17-3-7-20(8-4-17)27-26-28-24(18(2)31)23(25(29-26)34-22-15-33-16-22)19-5-9-21(10-6-19)30-11-13-32-14-12-30/h5-6,9-10,17,20,22H,3-4,7-8,11-16H2,1-2H3,(H,27,28,29). The highest BCUT2D eigenvalue weighted by molar-refractivity contribution is 6.00. The summed E-state index contributed by atoms with van der Waals surface area (Å²) in [5.41, 5.74) is 3.04. The summed E-state index contributed by atoms with van der Waals surface area (Å²) < 4.78 is 17.0. The van der Waals surface area contributed by atoms with Crippen LogP contribution in [0.3, 0.4) is 0 Å². The smallest absolute Gasteiger partial charge is 0.227 e. The van der Waals surface area contributed by atoms with Crippen molar-refractivity contribution in [2.45, 2.75) is 51.7 Å². The van der Waals surface area contributed by atoms with E-state index in [0.717, 1.165) is 56.3 Å². The minimum absolute atomic E-state index is 0.0653. The lowest BCUT2D eigenvalue weighted by Crippen LogP contribution is -2.39. The number of ether oxygens (including phenoxy) is 3. The summed E-state index contributed by atoms with van der Waals surface area (Å²) in [4.78, 5) is 24.5. The molecule has 0 atom stereocenters. The van der Waals surface area contributed by atoms with Gasteiger partial charge in [0.1, 0.15) is 11.8 Å². The van der Waals surface area contributed by atoms with E-state index in [1.54, 1.807) is 6.92 Å². The van der Waals surface area contributed by atoms with E-state index in [0.29, 0.717) is 42.3 Å². The molecule has 0 spiro atoms. The number of anilines is 2. The van der Waals surface area contributed by atoms with E-state index in [4.69, 9.17) is 19.2 Å². The zero-order valence-corrected chi connectivity index (χ0v) is 20.1. The topological polar surface area (TPSA) is 85.8 Å². The third-order valence-electron chi connectivity index (χ3n) is 6.98. The zero-order valence-electron chi connectivity index (χ0n) is 20.1. The molecule has 3 fully saturated rings. The van der Waals surface area contributed by atoms with Crippen LogP contribution < -0.4 is 15.0 Å². The number of Topliss-reactive ketones (excluding diaryl/α,β-unsaturated/α-hetero) is 1. The van der Waals surface area contributed by atoms with Gasteiger partial charge < -0.3 is 24.4 Å². The van der Waals surface area contributed by atoms with Gasteiger partial charge in [-0.25, -0.2) is 4.98 Å². The molecule has 1 aliphatic carbocycles. The second-order valence-electron chi connectivity index (χ2n) is 9.66. The summed E-state index contributed by atoms with van der Waals surface area (Å²) >= 11 is 0. The molecule has 2 aliphatic heterocycles. The molecule has 1 saturated carbocycles. The largest absolute Gasteiger partial charge is 0.469 e. The second kappa shape index (κ2) is 10.3. The molecule has 182 valence electrons. The molecule has 1 N–H and O–H groups in total. The highest BCUT2D eigenvalue weighted by atomic mass is 16.6. The Bertz CT molecular complexity index is 995. The summed E-state index contributed by atoms with van der Waals surface area (Å²) in [7, 11) is 0. The molecule has 2 aromatic rings. The normalized spacial score (nSPS) is 23.3. The molecule has 1 aromatic heterocycles. The molecule has 8 nitrogen and oxygen atoms in total. The number of hydrogen-bond donors (Lipinski definition) is 1. The molecule has 3 heterocycles. The zero-order chi connectivity index (χ0) is 23.5. The van der Waals surface area contributed by atoms with Gasteiger partial charge in [-0.3, -0.25) is 4.79 Å². The summed E-state index contributed by atoms with van der Waals surface area (Å²) in [5, 5.41) is 3.47. The van der Waals surface area contributed by atoms with Gasteiger partial charge >= 0.3 is 0 Å². The van der Waals surface area contributed by atoms with Crippen molar-refractivity contribution in [3.63, 3.8) is 0 Å². The molecular weight excluding hydrogens is 432 g/mol. The van der Waals surface area contributed by atoms with Gasteiger partial charge in [-0.1, -0.05) is 19.1 Å². The SMILES string of the molecule is CC(=O)c1nc(NC2CCC(C)CC2)nc(OC2COC2)c1-c1ccc(N2CCOCC2)cc1. The molecule has 0 radical (unpaired) electrons. The number of carbonyl (C=O) groups excluding carboxylic acids is 1. The van der Waals surface area contributed by atoms with E-state index in [-0.39, 0.29) is 11.9 Å².